The standard InChI is InChI=1S/C17H21FN2O2/c1-4-17(22,5-2)10-19-16(21)14-8-11(3)20-15-9-12(18)6-7-13(14)15/h6-9,22H,4-5,10H2,1-3H3,(H,19,21). The molecule has 22 heavy (non-hydrogen) atoms. The van der Waals surface area contributed by atoms with Gasteiger partial charge in [0.25, 0.3) is 5.91 Å². The molecule has 2 aromatic rings. The molecule has 0 unspecified atom stereocenters. The number of fused-ring (bicyclic) bond motifs is 1. The number of aromatic nitrogens is 1. The van der Waals surface area contributed by atoms with Crippen LogP contribution in [0.4, 0.5) is 4.39 Å². The number of pyridine rings is 1. The molecule has 0 atom stereocenters. The smallest absolute Gasteiger partial charge is 0.252 e. The van der Waals surface area contributed by atoms with E-state index in [4.69, 9.17) is 0 Å². The highest BCUT2D eigenvalue weighted by molar-refractivity contribution is 6.06. The van der Waals surface area contributed by atoms with Gasteiger partial charge in [-0.1, -0.05) is 13.8 Å². The van der Waals surface area contributed by atoms with Crippen LogP contribution < -0.4 is 5.32 Å². The molecule has 2 N–H and O–H groups in total. The molecule has 0 fully saturated rings. The summed E-state index contributed by atoms with van der Waals surface area (Å²) in [7, 11) is 0. The Balaban J connectivity index is 2.32. The molecule has 2 rings (SSSR count). The fourth-order valence-electron chi connectivity index (χ4n) is 2.36. The van der Waals surface area contributed by atoms with Crippen LogP contribution in [0.5, 0.6) is 0 Å². The van der Waals surface area contributed by atoms with Crippen molar-refractivity contribution < 1.29 is 14.3 Å². The normalized spacial score (nSPS) is 11.7. The van der Waals surface area contributed by atoms with Gasteiger partial charge in [-0.15, -0.1) is 0 Å². The molecule has 0 aliphatic rings. The minimum Gasteiger partial charge on any atom is -0.388 e. The van der Waals surface area contributed by atoms with Crippen molar-refractivity contribution in [2.75, 3.05) is 6.54 Å². The number of amides is 1. The largest absolute Gasteiger partial charge is 0.388 e. The Morgan fingerprint density at radius 2 is 2.00 bits per heavy atom. The van der Waals surface area contributed by atoms with Gasteiger partial charge in [-0.25, -0.2) is 4.39 Å². The Labute approximate surface area is 129 Å². The SMILES string of the molecule is CCC(O)(CC)CNC(=O)c1cc(C)nc2cc(F)ccc12. The van der Waals surface area contributed by atoms with E-state index >= 15 is 0 Å². The number of hydrogen-bond donors (Lipinski definition) is 2. The quantitative estimate of drug-likeness (QED) is 0.892. The molecule has 1 amide bonds. The lowest BCUT2D eigenvalue weighted by Gasteiger charge is -2.25. The van der Waals surface area contributed by atoms with Gasteiger partial charge in [-0.05, 0) is 38.0 Å². The van der Waals surface area contributed by atoms with Gasteiger partial charge in [0.15, 0.2) is 0 Å². The van der Waals surface area contributed by atoms with Crippen molar-refractivity contribution in [3.8, 4) is 0 Å². The fraction of sp³-hybridized carbons (Fsp3) is 0.412. The number of nitrogens with one attached hydrogen (secondary N) is 1. The molecule has 0 radical (unpaired) electrons. The molecule has 118 valence electrons. The van der Waals surface area contributed by atoms with Crippen LogP contribution in [0.15, 0.2) is 24.3 Å². The number of aliphatic hydroxyl groups is 1. The Hall–Kier alpha value is -2.01. The molecule has 0 saturated heterocycles. The van der Waals surface area contributed by atoms with Crippen molar-refractivity contribution in [2.24, 2.45) is 0 Å². The predicted octanol–water partition coefficient (Wildman–Crippen LogP) is 2.96. The average Bonchev–Trinajstić information content (AvgIpc) is 2.51. The van der Waals surface area contributed by atoms with E-state index in [0.29, 0.717) is 35.0 Å². The van der Waals surface area contributed by atoms with Crippen molar-refractivity contribution in [1.29, 1.82) is 0 Å². The summed E-state index contributed by atoms with van der Waals surface area (Å²) in [6.07, 6.45) is 1.12. The lowest BCUT2D eigenvalue weighted by atomic mass is 9.97. The number of aryl methyl sites for hydroxylation is 1. The second-order valence-corrected chi connectivity index (χ2v) is 5.59. The topological polar surface area (TPSA) is 62.2 Å². The molecule has 1 aromatic carbocycles. The number of rotatable bonds is 5. The Kier molecular flexibility index (Phi) is 4.76. The molecular weight excluding hydrogens is 283 g/mol. The van der Waals surface area contributed by atoms with Crippen LogP contribution in [0.2, 0.25) is 0 Å². The average molecular weight is 304 g/mol. The molecular formula is C17H21FN2O2. The summed E-state index contributed by atoms with van der Waals surface area (Å²) in [6, 6.07) is 5.85. The van der Waals surface area contributed by atoms with Crippen LogP contribution in [0.1, 0.15) is 42.7 Å². The molecule has 0 aliphatic carbocycles. The fourth-order valence-corrected chi connectivity index (χ4v) is 2.36. The van der Waals surface area contributed by atoms with Gasteiger partial charge in [-0.2, -0.15) is 0 Å². The molecule has 0 spiro atoms. The minimum absolute atomic E-state index is 0.183. The predicted molar refractivity (Wildman–Crippen MR) is 84.3 cm³/mol. The van der Waals surface area contributed by atoms with Gasteiger partial charge in [0.1, 0.15) is 5.82 Å². The lowest BCUT2D eigenvalue weighted by Crippen LogP contribution is -2.42. The number of carbonyl (C=O) groups excluding carboxylic acids is 1. The maximum absolute atomic E-state index is 13.3. The maximum Gasteiger partial charge on any atom is 0.252 e. The van der Waals surface area contributed by atoms with E-state index in [2.05, 4.69) is 10.3 Å². The minimum atomic E-state index is -0.903. The van der Waals surface area contributed by atoms with Gasteiger partial charge in [0.05, 0.1) is 16.7 Å². The zero-order valence-corrected chi connectivity index (χ0v) is 13.1. The third-order valence-electron chi connectivity index (χ3n) is 4.04. The Morgan fingerprint density at radius 3 is 2.64 bits per heavy atom. The summed E-state index contributed by atoms with van der Waals surface area (Å²) in [5, 5.41) is 13.6. The van der Waals surface area contributed by atoms with Crippen molar-refractivity contribution in [3.63, 3.8) is 0 Å². The molecule has 4 nitrogen and oxygen atoms in total. The van der Waals surface area contributed by atoms with Gasteiger partial charge < -0.3 is 10.4 Å². The van der Waals surface area contributed by atoms with Crippen LogP contribution in [0, 0.1) is 12.7 Å². The van der Waals surface area contributed by atoms with Crippen LogP contribution in [-0.2, 0) is 0 Å². The third-order valence-corrected chi connectivity index (χ3v) is 4.04. The van der Waals surface area contributed by atoms with E-state index in [1.807, 2.05) is 13.8 Å². The number of nitrogens with zero attached hydrogens (tertiary/aromatic N) is 1. The monoisotopic (exact) mass is 304 g/mol. The van der Waals surface area contributed by atoms with Gasteiger partial charge in [0, 0.05) is 23.7 Å². The first-order valence-corrected chi connectivity index (χ1v) is 7.46. The van der Waals surface area contributed by atoms with Crippen molar-refractivity contribution >= 4 is 16.8 Å². The highest BCUT2D eigenvalue weighted by Crippen LogP contribution is 2.20. The summed E-state index contributed by atoms with van der Waals surface area (Å²) in [4.78, 5) is 16.7. The zero-order valence-electron chi connectivity index (χ0n) is 13.1. The zero-order chi connectivity index (χ0) is 16.3. The van der Waals surface area contributed by atoms with Crippen molar-refractivity contribution in [2.45, 2.75) is 39.2 Å². The van der Waals surface area contributed by atoms with Crippen LogP contribution in [0.3, 0.4) is 0 Å². The summed E-state index contributed by atoms with van der Waals surface area (Å²) in [5.74, 6) is -0.675. The Morgan fingerprint density at radius 1 is 1.32 bits per heavy atom. The molecule has 0 saturated carbocycles. The number of carbonyl (C=O) groups is 1. The third kappa shape index (κ3) is 3.42. The summed E-state index contributed by atoms with van der Waals surface area (Å²) in [6.45, 7) is 5.70. The molecule has 1 heterocycles. The summed E-state index contributed by atoms with van der Waals surface area (Å²) < 4.78 is 13.3. The molecule has 0 aliphatic heterocycles. The second-order valence-electron chi connectivity index (χ2n) is 5.59. The van der Waals surface area contributed by atoms with Crippen LogP contribution >= 0.6 is 0 Å². The van der Waals surface area contributed by atoms with Gasteiger partial charge in [0.2, 0.25) is 0 Å². The maximum atomic E-state index is 13.3. The molecule has 1 aromatic heterocycles. The number of hydrogen-bond acceptors (Lipinski definition) is 3. The van der Waals surface area contributed by atoms with E-state index in [1.54, 1.807) is 19.1 Å². The van der Waals surface area contributed by atoms with E-state index in [-0.39, 0.29) is 18.3 Å². The highest BCUT2D eigenvalue weighted by atomic mass is 19.1. The van der Waals surface area contributed by atoms with Crippen LogP contribution in [0.25, 0.3) is 10.9 Å². The van der Waals surface area contributed by atoms with Crippen molar-refractivity contribution in [1.82, 2.24) is 10.3 Å². The Bertz CT molecular complexity index is 691. The molecule has 0 bridgehead atoms. The van der Waals surface area contributed by atoms with E-state index in [0.717, 1.165) is 0 Å². The second kappa shape index (κ2) is 6.40. The van der Waals surface area contributed by atoms with Crippen LogP contribution in [-0.4, -0.2) is 28.1 Å². The van der Waals surface area contributed by atoms with Gasteiger partial charge >= 0.3 is 0 Å². The molecule has 5 heteroatoms. The van der Waals surface area contributed by atoms with Gasteiger partial charge in [-0.3, -0.25) is 9.78 Å². The summed E-state index contributed by atoms with van der Waals surface area (Å²) in [5.41, 5.74) is 0.632. The van der Waals surface area contributed by atoms with E-state index < -0.39 is 5.60 Å². The number of benzene rings is 1. The number of halogens is 1. The lowest BCUT2D eigenvalue weighted by molar-refractivity contribution is 0.0314. The highest BCUT2D eigenvalue weighted by Gasteiger charge is 2.23. The van der Waals surface area contributed by atoms with Crippen molar-refractivity contribution in [3.05, 3.63) is 41.3 Å². The van der Waals surface area contributed by atoms with E-state index in [9.17, 15) is 14.3 Å². The first-order chi connectivity index (χ1) is 10.4. The first-order valence-electron chi connectivity index (χ1n) is 7.46. The van der Waals surface area contributed by atoms with E-state index in [1.165, 1.54) is 12.1 Å². The summed E-state index contributed by atoms with van der Waals surface area (Å²) >= 11 is 0. The first kappa shape index (κ1) is 16.4.